The van der Waals surface area contributed by atoms with Crippen LogP contribution in [-0.2, 0) is 31.3 Å². The van der Waals surface area contributed by atoms with E-state index in [-0.39, 0.29) is 12.4 Å². The van der Waals surface area contributed by atoms with E-state index in [1.165, 1.54) is 5.69 Å². The number of aromatic nitrogens is 2. The molecule has 0 saturated carbocycles. The van der Waals surface area contributed by atoms with E-state index in [1.807, 2.05) is 33.9 Å². The molecule has 4 aromatic rings. The number of hydrogen-bond acceptors (Lipinski definition) is 9. The molecular weight excluding hydrogens is 711 g/mol. The topological polar surface area (TPSA) is 85.7 Å². The lowest BCUT2D eigenvalue weighted by atomic mass is 10.1. The van der Waals surface area contributed by atoms with Crippen molar-refractivity contribution in [2.75, 3.05) is 81.8 Å². The molecule has 2 saturated heterocycles. The molecule has 2 atom stereocenters. The predicted molar refractivity (Wildman–Crippen MR) is 205 cm³/mol. The number of rotatable bonds is 14. The Bertz CT molecular complexity index is 1710. The minimum absolute atomic E-state index is 0.301. The van der Waals surface area contributed by atoms with Crippen LogP contribution in [0.4, 0.5) is 17.1 Å². The van der Waals surface area contributed by atoms with Crippen molar-refractivity contribution in [3.8, 4) is 5.75 Å². The summed E-state index contributed by atoms with van der Waals surface area (Å²) in [4.78, 5) is 11.0. The first-order valence-corrected chi connectivity index (χ1v) is 18.1. The molecule has 1 N–H and O–H groups in total. The van der Waals surface area contributed by atoms with Gasteiger partial charge >= 0.3 is 0 Å². The highest BCUT2D eigenvalue weighted by molar-refractivity contribution is 7.80. The zero-order valence-electron chi connectivity index (χ0n) is 29.0. The van der Waals surface area contributed by atoms with Crippen LogP contribution >= 0.6 is 35.4 Å². The lowest BCUT2D eigenvalue weighted by molar-refractivity contribution is -0.189. The number of likely N-dealkylation sites (N-methyl/N-ethyl adjacent to an activating group) is 1. The molecule has 1 aromatic heterocycles. The number of piperazine rings is 1. The SMILES string of the molecule is CCN(CC(OC)OC)C(=S)Nc1ccc(N2CCN(c3ccc(OC[C@@H]4CO[C@@](Cn5ccnc5)(c5ccc(Cl)cc5Cl)O4)cc3)CC2)cc1. The van der Waals surface area contributed by atoms with Crippen LogP contribution in [0.3, 0.4) is 0 Å². The maximum atomic E-state index is 6.61. The molecule has 2 aliphatic heterocycles. The van der Waals surface area contributed by atoms with Crippen LogP contribution in [0.1, 0.15) is 12.5 Å². The first kappa shape index (κ1) is 37.1. The first-order valence-electron chi connectivity index (χ1n) is 17.0. The van der Waals surface area contributed by atoms with Crippen molar-refractivity contribution in [3.63, 3.8) is 0 Å². The number of halogens is 2. The Balaban J connectivity index is 0.980. The highest BCUT2D eigenvalue weighted by Crippen LogP contribution is 2.40. The maximum Gasteiger partial charge on any atom is 0.215 e. The van der Waals surface area contributed by atoms with E-state index >= 15 is 0 Å². The van der Waals surface area contributed by atoms with Gasteiger partial charge in [-0.25, -0.2) is 4.98 Å². The lowest BCUT2D eigenvalue weighted by Gasteiger charge is -2.37. The van der Waals surface area contributed by atoms with Crippen molar-refractivity contribution in [1.29, 1.82) is 0 Å². The van der Waals surface area contributed by atoms with Crippen LogP contribution in [0.5, 0.6) is 5.75 Å². The van der Waals surface area contributed by atoms with Crippen LogP contribution < -0.4 is 19.9 Å². The van der Waals surface area contributed by atoms with E-state index in [1.54, 1.807) is 38.9 Å². The number of nitrogens with one attached hydrogen (secondary N) is 1. The number of benzene rings is 3. The summed E-state index contributed by atoms with van der Waals surface area (Å²) in [5.41, 5.74) is 4.01. The molecule has 51 heavy (non-hydrogen) atoms. The van der Waals surface area contributed by atoms with Gasteiger partial charge in [0.1, 0.15) is 18.5 Å². The number of ether oxygens (including phenoxy) is 5. The summed E-state index contributed by atoms with van der Waals surface area (Å²) in [5, 5.41) is 5.00. The van der Waals surface area contributed by atoms with Crippen molar-refractivity contribution >= 4 is 57.6 Å². The Morgan fingerprint density at radius 3 is 2.25 bits per heavy atom. The van der Waals surface area contributed by atoms with Crippen molar-refractivity contribution in [3.05, 3.63) is 101 Å². The summed E-state index contributed by atoms with van der Waals surface area (Å²) >= 11 is 18.4. The van der Waals surface area contributed by atoms with Gasteiger partial charge in [0.2, 0.25) is 5.79 Å². The second-order valence-electron chi connectivity index (χ2n) is 12.4. The van der Waals surface area contributed by atoms with E-state index in [2.05, 4.69) is 63.4 Å². The third-order valence-corrected chi connectivity index (χ3v) is 10.0. The smallest absolute Gasteiger partial charge is 0.215 e. The summed E-state index contributed by atoms with van der Waals surface area (Å²) in [6, 6.07) is 22.0. The zero-order valence-corrected chi connectivity index (χ0v) is 31.4. The molecule has 6 rings (SSSR count). The summed E-state index contributed by atoms with van der Waals surface area (Å²) in [6.45, 7) is 8.07. The van der Waals surface area contributed by atoms with Crippen molar-refractivity contribution in [2.45, 2.75) is 31.6 Å². The molecule has 11 nitrogen and oxygen atoms in total. The number of nitrogens with zero attached hydrogens (tertiary/aromatic N) is 5. The first-order chi connectivity index (χ1) is 24.8. The minimum Gasteiger partial charge on any atom is -0.491 e. The number of thiocarbonyl (C=S) groups is 1. The normalized spacial score (nSPS) is 19.1. The number of imidazole rings is 1. The van der Waals surface area contributed by atoms with Gasteiger partial charge in [0, 0.05) is 87.0 Å². The van der Waals surface area contributed by atoms with E-state index in [0.29, 0.717) is 47.0 Å². The number of anilines is 3. The van der Waals surface area contributed by atoms with E-state index in [4.69, 9.17) is 59.1 Å². The molecule has 3 aromatic carbocycles. The molecule has 2 aliphatic rings. The summed E-state index contributed by atoms with van der Waals surface area (Å²) in [7, 11) is 3.26. The summed E-state index contributed by atoms with van der Waals surface area (Å²) in [6.07, 6.45) is 4.66. The standard InChI is InChI=1S/C37H44Cl2N6O5S/c1-4-43(22-35(46-2)47-3)36(51)41-28-6-8-29(9-7-28)44-17-19-45(20-18-44)30-10-12-31(13-11-30)48-23-32-24-49-37(50-32,25-42-16-15-40-26-42)33-14-5-27(38)21-34(33)39/h5-16,21,26,32,35H,4,17-20,22-25H2,1-3H3,(H,41,51)/t32-,37-/m1/s1. The molecule has 3 heterocycles. The van der Waals surface area contributed by atoms with Gasteiger partial charge in [0.25, 0.3) is 0 Å². The van der Waals surface area contributed by atoms with E-state index < -0.39 is 5.79 Å². The minimum atomic E-state index is -1.09. The van der Waals surface area contributed by atoms with Gasteiger partial charge in [-0.15, -0.1) is 0 Å². The predicted octanol–water partition coefficient (Wildman–Crippen LogP) is 6.50. The van der Waals surface area contributed by atoms with Crippen LogP contribution in [0.15, 0.2) is 85.5 Å². The zero-order chi connectivity index (χ0) is 35.8. The van der Waals surface area contributed by atoms with Gasteiger partial charge in [-0.2, -0.15) is 0 Å². The van der Waals surface area contributed by atoms with Gasteiger partial charge in [0.15, 0.2) is 11.4 Å². The molecular formula is C37H44Cl2N6O5S. The average molecular weight is 756 g/mol. The Morgan fingerprint density at radius 1 is 1.00 bits per heavy atom. The fourth-order valence-electron chi connectivity index (χ4n) is 6.28. The Hall–Kier alpha value is -3.62. The third-order valence-electron chi connectivity index (χ3n) is 9.12. The van der Waals surface area contributed by atoms with Gasteiger partial charge in [-0.3, -0.25) is 0 Å². The quantitative estimate of drug-likeness (QED) is 0.113. The number of methoxy groups -OCH3 is 2. The van der Waals surface area contributed by atoms with E-state index in [9.17, 15) is 0 Å². The van der Waals surface area contributed by atoms with Gasteiger partial charge < -0.3 is 48.3 Å². The molecule has 0 spiro atoms. The molecule has 0 bridgehead atoms. The molecule has 0 unspecified atom stereocenters. The second kappa shape index (κ2) is 17.3. The van der Waals surface area contributed by atoms with Crippen LogP contribution in [-0.4, -0.2) is 98.7 Å². The van der Waals surface area contributed by atoms with Crippen molar-refractivity contribution in [1.82, 2.24) is 14.5 Å². The second-order valence-corrected chi connectivity index (χ2v) is 13.6. The largest absolute Gasteiger partial charge is 0.491 e. The summed E-state index contributed by atoms with van der Waals surface area (Å²) < 4.78 is 31.6. The van der Waals surface area contributed by atoms with E-state index in [0.717, 1.165) is 49.8 Å². The van der Waals surface area contributed by atoms with Crippen molar-refractivity contribution < 1.29 is 23.7 Å². The molecule has 14 heteroatoms. The Kier molecular flexibility index (Phi) is 12.6. The third kappa shape index (κ3) is 9.25. The van der Waals surface area contributed by atoms with Gasteiger partial charge in [0.05, 0.1) is 31.0 Å². The average Bonchev–Trinajstić information content (AvgIpc) is 3.82. The van der Waals surface area contributed by atoms with Gasteiger partial charge in [-0.1, -0.05) is 29.3 Å². The van der Waals surface area contributed by atoms with Gasteiger partial charge in [-0.05, 0) is 79.8 Å². The monoisotopic (exact) mass is 754 g/mol. The fraction of sp³-hybridized carbons (Fsp3) is 0.405. The van der Waals surface area contributed by atoms with Crippen LogP contribution in [0.2, 0.25) is 10.0 Å². The highest BCUT2D eigenvalue weighted by Gasteiger charge is 2.45. The van der Waals surface area contributed by atoms with Crippen LogP contribution in [0, 0.1) is 0 Å². The molecule has 0 radical (unpaired) electrons. The fourth-order valence-corrected chi connectivity index (χ4v) is 7.15. The Morgan fingerprint density at radius 2 is 1.67 bits per heavy atom. The van der Waals surface area contributed by atoms with Crippen LogP contribution in [0.25, 0.3) is 0 Å². The summed E-state index contributed by atoms with van der Waals surface area (Å²) in [5.74, 6) is -0.324. The molecule has 0 amide bonds. The highest BCUT2D eigenvalue weighted by atomic mass is 35.5. The number of hydrogen-bond donors (Lipinski definition) is 1. The van der Waals surface area contributed by atoms with Crippen molar-refractivity contribution in [2.24, 2.45) is 0 Å². The molecule has 272 valence electrons. The maximum absolute atomic E-state index is 6.61. The molecule has 0 aliphatic carbocycles. The Labute approximate surface area is 314 Å². The lowest BCUT2D eigenvalue weighted by Crippen LogP contribution is -2.46. The molecule has 2 fully saturated rings.